The Morgan fingerprint density at radius 1 is 1.40 bits per heavy atom. The van der Waals surface area contributed by atoms with Gasteiger partial charge in [0.1, 0.15) is 11.6 Å². The highest BCUT2D eigenvalue weighted by Crippen LogP contribution is 2.25. The molecule has 1 fully saturated rings. The third-order valence-corrected chi connectivity index (χ3v) is 4.52. The Morgan fingerprint density at radius 2 is 2.30 bits per heavy atom. The molecule has 0 aliphatic carbocycles. The number of H-pyrrole nitrogens is 1. The Balaban J connectivity index is 1.66. The van der Waals surface area contributed by atoms with Crippen molar-refractivity contribution in [3.63, 3.8) is 0 Å². The maximum absolute atomic E-state index is 4.36. The molecule has 0 aromatic carbocycles. The molecule has 2 N–H and O–H groups in total. The van der Waals surface area contributed by atoms with Crippen molar-refractivity contribution in [1.82, 2.24) is 35.3 Å². The standard InChI is InChI=1S/C12H19N7S/c1-8-14-10(16-15-8)7-20-12-18-17-11(19(12)2)9-4-3-5-13-6-9/h9,13H,3-7H2,1-2H3,(H,14,15,16)/t9-/m0/s1. The summed E-state index contributed by atoms with van der Waals surface area (Å²) in [7, 11) is 2.04. The molecule has 2 aromatic rings. The zero-order chi connectivity index (χ0) is 13.9. The van der Waals surface area contributed by atoms with E-state index in [1.165, 1.54) is 12.8 Å². The first-order valence-electron chi connectivity index (χ1n) is 6.84. The molecule has 108 valence electrons. The molecule has 0 radical (unpaired) electrons. The first kappa shape index (κ1) is 13.6. The maximum atomic E-state index is 4.36. The number of aryl methyl sites for hydroxylation is 1. The monoisotopic (exact) mass is 293 g/mol. The third-order valence-electron chi connectivity index (χ3n) is 3.50. The average Bonchev–Trinajstić information content (AvgIpc) is 3.04. The number of hydrogen-bond acceptors (Lipinski definition) is 6. The lowest BCUT2D eigenvalue weighted by atomic mass is 9.99. The lowest BCUT2D eigenvalue weighted by Gasteiger charge is -2.21. The van der Waals surface area contributed by atoms with E-state index in [2.05, 4.69) is 35.3 Å². The van der Waals surface area contributed by atoms with E-state index >= 15 is 0 Å². The van der Waals surface area contributed by atoms with Crippen LogP contribution in [0.5, 0.6) is 0 Å². The van der Waals surface area contributed by atoms with Gasteiger partial charge in [-0.2, -0.15) is 5.10 Å². The summed E-state index contributed by atoms with van der Waals surface area (Å²) in [5.41, 5.74) is 0. The molecule has 2 aromatic heterocycles. The van der Waals surface area contributed by atoms with E-state index < -0.39 is 0 Å². The van der Waals surface area contributed by atoms with Crippen LogP contribution in [0.3, 0.4) is 0 Å². The molecule has 0 saturated carbocycles. The van der Waals surface area contributed by atoms with Crippen molar-refractivity contribution in [3.05, 3.63) is 17.5 Å². The second-order valence-electron chi connectivity index (χ2n) is 5.07. The van der Waals surface area contributed by atoms with Crippen LogP contribution in [-0.4, -0.2) is 43.0 Å². The van der Waals surface area contributed by atoms with E-state index in [0.29, 0.717) is 11.7 Å². The molecule has 0 amide bonds. The smallest absolute Gasteiger partial charge is 0.191 e. The van der Waals surface area contributed by atoms with Gasteiger partial charge in [0.2, 0.25) is 0 Å². The minimum atomic E-state index is 0.473. The van der Waals surface area contributed by atoms with Gasteiger partial charge < -0.3 is 9.88 Å². The van der Waals surface area contributed by atoms with E-state index in [4.69, 9.17) is 0 Å². The molecule has 0 spiro atoms. The van der Waals surface area contributed by atoms with Crippen LogP contribution >= 0.6 is 11.8 Å². The van der Waals surface area contributed by atoms with Crippen LogP contribution in [0, 0.1) is 6.92 Å². The summed E-state index contributed by atoms with van der Waals surface area (Å²) in [6.45, 7) is 4.01. The molecule has 3 heterocycles. The Labute approximate surface area is 122 Å². The first-order valence-corrected chi connectivity index (χ1v) is 7.83. The molecule has 1 aliphatic rings. The van der Waals surface area contributed by atoms with Crippen LogP contribution in [0.2, 0.25) is 0 Å². The number of aromatic nitrogens is 6. The molecule has 20 heavy (non-hydrogen) atoms. The van der Waals surface area contributed by atoms with Crippen molar-refractivity contribution in [2.24, 2.45) is 7.05 Å². The molecule has 0 unspecified atom stereocenters. The van der Waals surface area contributed by atoms with Gasteiger partial charge in [0.15, 0.2) is 11.0 Å². The van der Waals surface area contributed by atoms with Crippen molar-refractivity contribution < 1.29 is 0 Å². The Kier molecular flexibility index (Phi) is 4.02. The largest absolute Gasteiger partial charge is 0.316 e. The Hall–Kier alpha value is -1.41. The maximum Gasteiger partial charge on any atom is 0.191 e. The van der Waals surface area contributed by atoms with Crippen LogP contribution in [-0.2, 0) is 12.8 Å². The number of aromatic amines is 1. The minimum Gasteiger partial charge on any atom is -0.316 e. The highest BCUT2D eigenvalue weighted by molar-refractivity contribution is 7.98. The van der Waals surface area contributed by atoms with Crippen molar-refractivity contribution in [3.8, 4) is 0 Å². The Morgan fingerprint density at radius 3 is 3.00 bits per heavy atom. The van der Waals surface area contributed by atoms with E-state index in [-0.39, 0.29) is 0 Å². The SMILES string of the molecule is Cc1nc(CSc2nnc([C@H]3CCCNC3)n2C)n[nH]1. The van der Waals surface area contributed by atoms with Crippen molar-refractivity contribution in [2.45, 2.75) is 36.6 Å². The second kappa shape index (κ2) is 5.92. The van der Waals surface area contributed by atoms with Crippen molar-refractivity contribution in [1.29, 1.82) is 0 Å². The van der Waals surface area contributed by atoms with E-state index in [1.807, 2.05) is 14.0 Å². The van der Waals surface area contributed by atoms with Crippen LogP contribution in [0.25, 0.3) is 0 Å². The lowest BCUT2D eigenvalue weighted by Crippen LogP contribution is -2.29. The lowest BCUT2D eigenvalue weighted by molar-refractivity contribution is 0.436. The van der Waals surface area contributed by atoms with Gasteiger partial charge in [-0.15, -0.1) is 10.2 Å². The van der Waals surface area contributed by atoms with Crippen molar-refractivity contribution >= 4 is 11.8 Å². The molecule has 3 rings (SSSR count). The second-order valence-corrected chi connectivity index (χ2v) is 6.01. The quantitative estimate of drug-likeness (QED) is 0.818. The summed E-state index contributed by atoms with van der Waals surface area (Å²) >= 11 is 1.62. The van der Waals surface area contributed by atoms with Gasteiger partial charge in [-0.05, 0) is 26.3 Å². The molecular weight excluding hydrogens is 274 g/mol. The van der Waals surface area contributed by atoms with Crippen LogP contribution in [0.15, 0.2) is 5.16 Å². The molecule has 7 nitrogen and oxygen atoms in total. The first-order chi connectivity index (χ1) is 9.74. The highest BCUT2D eigenvalue weighted by atomic mass is 32.2. The number of hydrogen-bond donors (Lipinski definition) is 2. The molecule has 1 aliphatic heterocycles. The Bertz CT molecular complexity index is 570. The summed E-state index contributed by atoms with van der Waals surface area (Å²) < 4.78 is 2.10. The molecule has 1 atom stereocenters. The molecule has 8 heteroatoms. The molecular formula is C12H19N7S. The number of rotatable bonds is 4. The number of nitrogens with one attached hydrogen (secondary N) is 2. The fourth-order valence-electron chi connectivity index (χ4n) is 2.46. The zero-order valence-corrected chi connectivity index (χ0v) is 12.6. The van der Waals surface area contributed by atoms with Crippen molar-refractivity contribution in [2.75, 3.05) is 13.1 Å². The number of piperidine rings is 1. The minimum absolute atomic E-state index is 0.473. The summed E-state index contributed by atoms with van der Waals surface area (Å²) in [5, 5.41) is 20.0. The van der Waals surface area contributed by atoms with E-state index in [0.717, 1.165) is 35.7 Å². The van der Waals surface area contributed by atoms with Gasteiger partial charge in [-0.3, -0.25) is 5.10 Å². The van der Waals surface area contributed by atoms with Crippen LogP contribution in [0.1, 0.15) is 36.2 Å². The molecule has 0 bridgehead atoms. The van der Waals surface area contributed by atoms with Crippen LogP contribution < -0.4 is 5.32 Å². The predicted molar refractivity (Wildman–Crippen MR) is 76.5 cm³/mol. The summed E-state index contributed by atoms with van der Waals surface area (Å²) in [6.07, 6.45) is 2.39. The van der Waals surface area contributed by atoms with Gasteiger partial charge in [0, 0.05) is 19.5 Å². The number of nitrogens with zero attached hydrogens (tertiary/aromatic N) is 5. The normalized spacial score (nSPS) is 19.4. The third kappa shape index (κ3) is 2.85. The van der Waals surface area contributed by atoms with Gasteiger partial charge in [0.05, 0.1) is 5.75 Å². The van der Waals surface area contributed by atoms with E-state index in [9.17, 15) is 0 Å². The highest BCUT2D eigenvalue weighted by Gasteiger charge is 2.21. The summed E-state index contributed by atoms with van der Waals surface area (Å²) in [4.78, 5) is 4.30. The average molecular weight is 293 g/mol. The van der Waals surface area contributed by atoms with Gasteiger partial charge in [0.25, 0.3) is 0 Å². The van der Waals surface area contributed by atoms with E-state index in [1.54, 1.807) is 11.8 Å². The number of thioether (sulfide) groups is 1. The van der Waals surface area contributed by atoms with Gasteiger partial charge in [-0.25, -0.2) is 4.98 Å². The van der Waals surface area contributed by atoms with Crippen LogP contribution in [0.4, 0.5) is 0 Å². The fourth-order valence-corrected chi connectivity index (χ4v) is 3.24. The fraction of sp³-hybridized carbons (Fsp3) is 0.667. The summed E-state index contributed by atoms with van der Waals surface area (Å²) in [6, 6.07) is 0. The molecule has 1 saturated heterocycles. The zero-order valence-electron chi connectivity index (χ0n) is 11.8. The van der Waals surface area contributed by atoms with Gasteiger partial charge >= 0.3 is 0 Å². The predicted octanol–water partition coefficient (Wildman–Crippen LogP) is 1.00. The summed E-state index contributed by atoms with van der Waals surface area (Å²) in [5.74, 6) is 3.90. The topological polar surface area (TPSA) is 84.3 Å². The van der Waals surface area contributed by atoms with Gasteiger partial charge in [-0.1, -0.05) is 11.8 Å².